The van der Waals surface area contributed by atoms with Crippen LogP contribution in [0.4, 0.5) is 4.39 Å². The van der Waals surface area contributed by atoms with E-state index in [-0.39, 0.29) is 11.9 Å². The second kappa shape index (κ2) is 7.18. The average molecular weight is 377 g/mol. The molecule has 1 aliphatic heterocycles. The molecule has 1 atom stereocenters. The highest BCUT2D eigenvalue weighted by Crippen LogP contribution is 2.35. The highest BCUT2D eigenvalue weighted by atomic mass is 19.1. The molecule has 0 aliphatic carbocycles. The summed E-state index contributed by atoms with van der Waals surface area (Å²) in [5, 5.41) is 4.39. The first-order valence-electron chi connectivity index (χ1n) is 9.35. The van der Waals surface area contributed by atoms with Gasteiger partial charge in [0.25, 0.3) is 0 Å². The quantitative estimate of drug-likeness (QED) is 0.573. The van der Waals surface area contributed by atoms with Crippen molar-refractivity contribution in [3.8, 4) is 22.5 Å². The summed E-state index contributed by atoms with van der Waals surface area (Å²) < 4.78 is 21.5. The van der Waals surface area contributed by atoms with Gasteiger partial charge >= 0.3 is 0 Å². The van der Waals surface area contributed by atoms with E-state index in [0.717, 1.165) is 46.6 Å². The van der Waals surface area contributed by atoms with Crippen LogP contribution in [-0.4, -0.2) is 45.3 Å². The van der Waals surface area contributed by atoms with Crippen LogP contribution in [0, 0.1) is 5.82 Å². The molecule has 0 radical (unpaired) electrons. The van der Waals surface area contributed by atoms with Crippen LogP contribution in [0.1, 0.15) is 0 Å². The lowest BCUT2D eigenvalue weighted by Gasteiger charge is -2.24. The number of hydrogen-bond acceptors (Lipinski definition) is 4. The van der Waals surface area contributed by atoms with E-state index in [1.54, 1.807) is 18.3 Å². The largest absolute Gasteiger partial charge is 0.374 e. The number of morpholine rings is 1. The maximum atomic E-state index is 13.4. The van der Waals surface area contributed by atoms with Gasteiger partial charge in [0.05, 0.1) is 37.0 Å². The van der Waals surface area contributed by atoms with E-state index < -0.39 is 0 Å². The number of pyridine rings is 1. The van der Waals surface area contributed by atoms with Crippen LogP contribution in [0.25, 0.3) is 33.5 Å². The number of ether oxygens (including phenoxy) is 1. The molecule has 3 aromatic heterocycles. The smallest absolute Gasteiger partial charge is 0.137 e. The molecule has 4 heterocycles. The lowest BCUT2D eigenvalue weighted by atomic mass is 10.0. The Kier molecular flexibility index (Phi) is 4.38. The number of imidazole rings is 1. The Morgan fingerprint density at radius 3 is 2.86 bits per heavy atom. The van der Waals surface area contributed by atoms with Crippen molar-refractivity contribution in [3.05, 3.63) is 60.9 Å². The van der Waals surface area contributed by atoms with E-state index in [9.17, 15) is 4.39 Å². The normalized spacial score (nSPS) is 17.2. The molecule has 2 N–H and O–H groups in total. The minimum atomic E-state index is -0.261. The summed E-state index contributed by atoms with van der Waals surface area (Å²) in [4.78, 5) is 12.2. The maximum Gasteiger partial charge on any atom is 0.137 e. The molecule has 4 aromatic rings. The molecule has 0 spiro atoms. The van der Waals surface area contributed by atoms with Crippen molar-refractivity contribution in [1.82, 2.24) is 24.8 Å². The number of nitrogens with one attached hydrogen (secondary N) is 2. The Morgan fingerprint density at radius 1 is 1.14 bits per heavy atom. The summed E-state index contributed by atoms with van der Waals surface area (Å²) in [6, 6.07) is 10.5. The van der Waals surface area contributed by atoms with Gasteiger partial charge in [-0.05, 0) is 36.4 Å². The summed E-state index contributed by atoms with van der Waals surface area (Å²) in [7, 11) is 0. The lowest BCUT2D eigenvalue weighted by Crippen LogP contribution is -2.40. The summed E-state index contributed by atoms with van der Waals surface area (Å²) in [5.41, 5.74) is 4.53. The zero-order valence-corrected chi connectivity index (χ0v) is 15.2. The predicted molar refractivity (Wildman–Crippen MR) is 105 cm³/mol. The molecule has 5 rings (SSSR count). The molecule has 1 unspecified atom stereocenters. The summed E-state index contributed by atoms with van der Waals surface area (Å²) in [6.45, 7) is 3.07. The van der Waals surface area contributed by atoms with Gasteiger partial charge in [0.2, 0.25) is 0 Å². The van der Waals surface area contributed by atoms with Crippen LogP contribution in [0.2, 0.25) is 0 Å². The number of nitrogens with zero attached hydrogens (tertiary/aromatic N) is 3. The first kappa shape index (κ1) is 17.1. The monoisotopic (exact) mass is 377 g/mol. The third kappa shape index (κ3) is 3.08. The van der Waals surface area contributed by atoms with Gasteiger partial charge in [-0.2, -0.15) is 0 Å². The van der Waals surface area contributed by atoms with Crippen LogP contribution in [0.3, 0.4) is 0 Å². The van der Waals surface area contributed by atoms with Crippen LogP contribution in [0.5, 0.6) is 0 Å². The molecule has 1 aliphatic rings. The van der Waals surface area contributed by atoms with Gasteiger partial charge in [0.15, 0.2) is 0 Å². The first-order chi connectivity index (χ1) is 13.8. The molecule has 0 amide bonds. The number of H-pyrrole nitrogens is 1. The molecule has 28 heavy (non-hydrogen) atoms. The Bertz CT molecular complexity index is 1100. The third-order valence-corrected chi connectivity index (χ3v) is 5.08. The SMILES string of the molecule is Fc1ccc(-c2ncn(CC3CNCCO3)c2-c2ccnc3[nH]ccc23)cc1. The fourth-order valence-corrected chi connectivity index (χ4v) is 3.75. The van der Waals surface area contributed by atoms with Crippen molar-refractivity contribution in [1.29, 1.82) is 0 Å². The highest BCUT2D eigenvalue weighted by molar-refractivity contribution is 5.95. The van der Waals surface area contributed by atoms with Gasteiger partial charge in [-0.15, -0.1) is 0 Å². The number of aromatic amines is 1. The third-order valence-electron chi connectivity index (χ3n) is 5.08. The second-order valence-electron chi connectivity index (χ2n) is 6.90. The minimum absolute atomic E-state index is 0.0753. The van der Waals surface area contributed by atoms with Crippen molar-refractivity contribution in [2.45, 2.75) is 12.6 Å². The maximum absolute atomic E-state index is 13.4. The van der Waals surface area contributed by atoms with E-state index in [1.807, 2.05) is 24.7 Å². The molecule has 142 valence electrons. The molecule has 7 heteroatoms. The Morgan fingerprint density at radius 2 is 2.04 bits per heavy atom. The summed E-state index contributed by atoms with van der Waals surface area (Å²) in [5.74, 6) is -0.261. The standard InChI is InChI=1S/C21H20FN5O/c22-15-3-1-14(2-4-15)19-20(17-5-7-24-21-18(17)6-8-25-21)27(13-26-19)12-16-11-23-9-10-28-16/h1-8,13,16,23H,9-12H2,(H,24,25). The van der Waals surface area contributed by atoms with Crippen LogP contribution in [0.15, 0.2) is 55.1 Å². The Hall–Kier alpha value is -3.03. The van der Waals surface area contributed by atoms with Crippen molar-refractivity contribution in [3.63, 3.8) is 0 Å². The number of halogens is 1. The zero-order valence-electron chi connectivity index (χ0n) is 15.2. The lowest BCUT2D eigenvalue weighted by molar-refractivity contribution is 0.0185. The predicted octanol–water partition coefficient (Wildman–Crippen LogP) is 3.22. The number of rotatable bonds is 4. The van der Waals surface area contributed by atoms with Crippen molar-refractivity contribution in [2.24, 2.45) is 0 Å². The Balaban J connectivity index is 1.65. The van der Waals surface area contributed by atoms with E-state index in [0.29, 0.717) is 13.2 Å². The fourth-order valence-electron chi connectivity index (χ4n) is 3.75. The van der Waals surface area contributed by atoms with Crippen LogP contribution in [-0.2, 0) is 11.3 Å². The average Bonchev–Trinajstić information content (AvgIpc) is 3.36. The van der Waals surface area contributed by atoms with Gasteiger partial charge < -0.3 is 19.6 Å². The molecule has 1 aromatic carbocycles. The van der Waals surface area contributed by atoms with Crippen molar-refractivity contribution >= 4 is 11.0 Å². The highest BCUT2D eigenvalue weighted by Gasteiger charge is 2.21. The molecule has 1 fully saturated rings. The topological polar surface area (TPSA) is 67.8 Å². The number of aromatic nitrogens is 4. The van der Waals surface area contributed by atoms with Gasteiger partial charge in [-0.3, -0.25) is 0 Å². The van der Waals surface area contributed by atoms with E-state index >= 15 is 0 Å². The number of hydrogen-bond donors (Lipinski definition) is 2. The van der Waals surface area contributed by atoms with E-state index in [2.05, 4.69) is 24.8 Å². The van der Waals surface area contributed by atoms with Crippen LogP contribution >= 0.6 is 0 Å². The minimum Gasteiger partial charge on any atom is -0.374 e. The first-order valence-corrected chi connectivity index (χ1v) is 9.35. The van der Waals surface area contributed by atoms with E-state index in [4.69, 9.17) is 4.74 Å². The molecular formula is C21H20FN5O. The van der Waals surface area contributed by atoms with Gasteiger partial charge in [0, 0.05) is 42.0 Å². The molecule has 6 nitrogen and oxygen atoms in total. The van der Waals surface area contributed by atoms with Gasteiger partial charge in [-0.25, -0.2) is 14.4 Å². The fraction of sp³-hybridized carbons (Fsp3) is 0.238. The van der Waals surface area contributed by atoms with Crippen molar-refractivity contribution < 1.29 is 9.13 Å². The molecule has 0 saturated carbocycles. The Labute approximate surface area is 161 Å². The van der Waals surface area contributed by atoms with Gasteiger partial charge in [-0.1, -0.05) is 0 Å². The van der Waals surface area contributed by atoms with Crippen molar-refractivity contribution in [2.75, 3.05) is 19.7 Å². The molecule has 0 bridgehead atoms. The van der Waals surface area contributed by atoms with E-state index in [1.165, 1.54) is 12.1 Å². The zero-order chi connectivity index (χ0) is 18.9. The number of benzene rings is 1. The summed E-state index contributed by atoms with van der Waals surface area (Å²) >= 11 is 0. The van der Waals surface area contributed by atoms with Crippen LogP contribution < -0.4 is 5.32 Å². The number of fused-ring (bicyclic) bond motifs is 1. The summed E-state index contributed by atoms with van der Waals surface area (Å²) in [6.07, 6.45) is 5.59. The second-order valence-corrected chi connectivity index (χ2v) is 6.90. The van der Waals surface area contributed by atoms with Gasteiger partial charge in [0.1, 0.15) is 11.5 Å². The molecule has 1 saturated heterocycles. The molecular weight excluding hydrogens is 357 g/mol.